The van der Waals surface area contributed by atoms with E-state index in [0.717, 1.165) is 7.05 Å². The number of halogens is 2. The van der Waals surface area contributed by atoms with Gasteiger partial charge in [-0.3, -0.25) is 10.2 Å². The lowest BCUT2D eigenvalue weighted by atomic mass is 9.99. The first-order valence-corrected chi connectivity index (χ1v) is 8.63. The number of nitrogens with zero attached hydrogens (tertiary/aromatic N) is 4. The molecule has 0 aliphatic carbocycles. The number of benzene rings is 1. The van der Waals surface area contributed by atoms with E-state index < -0.39 is 17.9 Å². The van der Waals surface area contributed by atoms with Crippen molar-refractivity contribution < 1.29 is 18.9 Å². The molecule has 0 aliphatic heterocycles. The normalized spacial score (nSPS) is 11.9. The van der Waals surface area contributed by atoms with Gasteiger partial charge in [-0.25, -0.2) is 14.2 Å². The summed E-state index contributed by atoms with van der Waals surface area (Å²) in [6.07, 6.45) is 1.46. The molecule has 0 bridgehead atoms. The number of hydroxylamine groups is 2. The fourth-order valence-electron chi connectivity index (χ4n) is 2.65. The second kappa shape index (κ2) is 7.91. The smallest absolute Gasteiger partial charge is 0.339 e. The molecule has 8 nitrogen and oxygen atoms in total. The van der Waals surface area contributed by atoms with Gasteiger partial charge in [0.05, 0.1) is 16.8 Å². The molecule has 3 rings (SSSR count). The fourth-order valence-corrected chi connectivity index (χ4v) is 2.91. The standard InChI is InChI=1S/C18H17ClFN5O3/c1-9(22-18(26)25(3)27)16-14(20)7-11(8-21-16)12-5-4-6-13(19)15(12)17-23-10(2)28-24-17/h4-9,27H,1-3H3,(H,22,26). The number of carbonyl (C=O) groups excluding carboxylic acids is 1. The van der Waals surface area contributed by atoms with E-state index in [4.69, 9.17) is 21.3 Å². The Morgan fingerprint density at radius 1 is 1.43 bits per heavy atom. The molecule has 1 unspecified atom stereocenters. The molecule has 0 aliphatic rings. The number of aryl methyl sites for hydroxylation is 1. The summed E-state index contributed by atoms with van der Waals surface area (Å²) in [5.74, 6) is 0.0363. The van der Waals surface area contributed by atoms with Crippen LogP contribution in [-0.2, 0) is 0 Å². The van der Waals surface area contributed by atoms with Crippen molar-refractivity contribution in [2.75, 3.05) is 7.05 Å². The molecule has 0 spiro atoms. The van der Waals surface area contributed by atoms with Gasteiger partial charge in [-0.15, -0.1) is 0 Å². The first-order chi connectivity index (χ1) is 13.3. The van der Waals surface area contributed by atoms with Crippen molar-refractivity contribution >= 4 is 17.6 Å². The monoisotopic (exact) mass is 405 g/mol. The van der Waals surface area contributed by atoms with Crippen LogP contribution < -0.4 is 5.32 Å². The summed E-state index contributed by atoms with van der Waals surface area (Å²) in [4.78, 5) is 19.9. The van der Waals surface area contributed by atoms with E-state index >= 15 is 0 Å². The van der Waals surface area contributed by atoms with E-state index in [1.807, 2.05) is 0 Å². The number of aromatic nitrogens is 3. The Bertz CT molecular complexity index is 1020. The zero-order valence-electron chi connectivity index (χ0n) is 15.3. The van der Waals surface area contributed by atoms with Crippen LogP contribution in [-0.4, -0.2) is 38.5 Å². The Kier molecular flexibility index (Phi) is 5.57. The second-order valence-corrected chi connectivity index (χ2v) is 6.49. The first kappa shape index (κ1) is 19.7. The number of carbonyl (C=O) groups is 1. The third-order valence-electron chi connectivity index (χ3n) is 3.99. The summed E-state index contributed by atoms with van der Waals surface area (Å²) in [5, 5.41) is 16.2. The lowest BCUT2D eigenvalue weighted by Crippen LogP contribution is -2.37. The van der Waals surface area contributed by atoms with Crippen molar-refractivity contribution in [1.29, 1.82) is 0 Å². The zero-order chi connectivity index (χ0) is 20.4. The van der Waals surface area contributed by atoms with Crippen molar-refractivity contribution in [3.05, 3.63) is 52.9 Å². The number of hydrogen-bond acceptors (Lipinski definition) is 6. The summed E-state index contributed by atoms with van der Waals surface area (Å²) in [6.45, 7) is 3.21. The zero-order valence-corrected chi connectivity index (χ0v) is 16.0. The quantitative estimate of drug-likeness (QED) is 0.502. The van der Waals surface area contributed by atoms with Crippen molar-refractivity contribution in [2.24, 2.45) is 0 Å². The lowest BCUT2D eigenvalue weighted by molar-refractivity contribution is -0.0193. The molecule has 0 saturated heterocycles. The van der Waals surface area contributed by atoms with Crippen LogP contribution in [0.15, 0.2) is 35.0 Å². The summed E-state index contributed by atoms with van der Waals surface area (Å²) >= 11 is 6.32. The largest absolute Gasteiger partial charge is 0.341 e. The van der Waals surface area contributed by atoms with Gasteiger partial charge in [0.1, 0.15) is 5.82 Å². The number of pyridine rings is 1. The van der Waals surface area contributed by atoms with E-state index in [1.165, 1.54) is 12.3 Å². The molecule has 2 amide bonds. The molecule has 10 heteroatoms. The maximum absolute atomic E-state index is 14.7. The Labute approximate surface area is 164 Å². The van der Waals surface area contributed by atoms with Crippen molar-refractivity contribution in [3.8, 4) is 22.5 Å². The van der Waals surface area contributed by atoms with E-state index in [0.29, 0.717) is 32.7 Å². The molecule has 0 saturated carbocycles. The van der Waals surface area contributed by atoms with Crippen LogP contribution in [0.1, 0.15) is 24.6 Å². The molecule has 2 heterocycles. The van der Waals surface area contributed by atoms with Crippen molar-refractivity contribution in [2.45, 2.75) is 19.9 Å². The minimum atomic E-state index is -0.776. The maximum atomic E-state index is 14.7. The lowest BCUT2D eigenvalue weighted by Gasteiger charge is -2.17. The highest BCUT2D eigenvalue weighted by molar-refractivity contribution is 6.33. The van der Waals surface area contributed by atoms with Crippen LogP contribution in [0.4, 0.5) is 9.18 Å². The predicted molar refractivity (Wildman–Crippen MR) is 99.2 cm³/mol. The molecule has 28 heavy (non-hydrogen) atoms. The predicted octanol–water partition coefficient (Wildman–Crippen LogP) is 3.99. The summed E-state index contributed by atoms with van der Waals surface area (Å²) in [7, 11) is 1.16. The van der Waals surface area contributed by atoms with Crippen LogP contribution in [0, 0.1) is 12.7 Å². The van der Waals surface area contributed by atoms with Crippen LogP contribution >= 0.6 is 11.6 Å². The topological polar surface area (TPSA) is 104 Å². The SMILES string of the molecule is Cc1nc(-c2c(Cl)cccc2-c2cnc(C(C)NC(=O)N(C)O)c(F)c2)no1. The van der Waals surface area contributed by atoms with Gasteiger partial charge in [0.15, 0.2) is 0 Å². The minimum Gasteiger partial charge on any atom is -0.339 e. The Morgan fingerprint density at radius 3 is 2.79 bits per heavy atom. The first-order valence-electron chi connectivity index (χ1n) is 8.26. The molecule has 146 valence electrons. The Morgan fingerprint density at radius 2 is 2.18 bits per heavy atom. The van der Waals surface area contributed by atoms with Gasteiger partial charge < -0.3 is 9.84 Å². The highest BCUT2D eigenvalue weighted by atomic mass is 35.5. The number of amides is 2. The molecular formula is C18H17ClFN5O3. The van der Waals surface area contributed by atoms with Gasteiger partial charge in [-0.1, -0.05) is 28.9 Å². The molecule has 1 atom stereocenters. The molecule has 0 radical (unpaired) electrons. The molecule has 3 aromatic rings. The molecular weight excluding hydrogens is 389 g/mol. The second-order valence-electron chi connectivity index (χ2n) is 6.09. The number of rotatable bonds is 4. The van der Waals surface area contributed by atoms with Gasteiger partial charge in [-0.05, 0) is 24.6 Å². The Balaban J connectivity index is 1.99. The average molecular weight is 406 g/mol. The number of nitrogens with one attached hydrogen (secondary N) is 1. The molecule has 1 aromatic carbocycles. The van der Waals surface area contributed by atoms with Gasteiger partial charge in [0, 0.05) is 31.3 Å². The van der Waals surface area contributed by atoms with Gasteiger partial charge >= 0.3 is 6.03 Å². The average Bonchev–Trinajstić information content (AvgIpc) is 3.07. The summed E-state index contributed by atoms with van der Waals surface area (Å²) < 4.78 is 19.7. The molecule has 2 aromatic heterocycles. The number of hydrogen-bond donors (Lipinski definition) is 2. The number of urea groups is 1. The van der Waals surface area contributed by atoms with E-state index in [9.17, 15) is 9.18 Å². The van der Waals surface area contributed by atoms with Crippen LogP contribution in [0.2, 0.25) is 5.02 Å². The summed E-state index contributed by atoms with van der Waals surface area (Å²) in [5.41, 5.74) is 1.56. The van der Waals surface area contributed by atoms with E-state index in [2.05, 4.69) is 20.4 Å². The maximum Gasteiger partial charge on any atom is 0.341 e. The third-order valence-corrected chi connectivity index (χ3v) is 4.30. The van der Waals surface area contributed by atoms with Gasteiger partial charge in [-0.2, -0.15) is 4.98 Å². The van der Waals surface area contributed by atoms with Gasteiger partial charge in [0.2, 0.25) is 11.7 Å². The van der Waals surface area contributed by atoms with Crippen molar-refractivity contribution in [1.82, 2.24) is 25.5 Å². The third kappa shape index (κ3) is 3.95. The van der Waals surface area contributed by atoms with Crippen molar-refractivity contribution in [3.63, 3.8) is 0 Å². The highest BCUT2D eigenvalue weighted by Crippen LogP contribution is 2.36. The minimum absolute atomic E-state index is 0.0259. The molecule has 0 fully saturated rings. The Hall–Kier alpha value is -3.04. The van der Waals surface area contributed by atoms with E-state index in [-0.39, 0.29) is 11.5 Å². The fraction of sp³-hybridized carbons (Fsp3) is 0.222. The van der Waals surface area contributed by atoms with Gasteiger partial charge in [0.25, 0.3) is 0 Å². The van der Waals surface area contributed by atoms with Crippen LogP contribution in [0.3, 0.4) is 0 Å². The summed E-state index contributed by atoms with van der Waals surface area (Å²) in [6, 6.07) is 4.90. The van der Waals surface area contributed by atoms with Crippen LogP contribution in [0.25, 0.3) is 22.5 Å². The van der Waals surface area contributed by atoms with E-state index in [1.54, 1.807) is 32.0 Å². The van der Waals surface area contributed by atoms with Crippen LogP contribution in [0.5, 0.6) is 0 Å². The highest BCUT2D eigenvalue weighted by Gasteiger charge is 2.20. The molecule has 2 N–H and O–H groups in total.